The van der Waals surface area contributed by atoms with Crippen LogP contribution in [-0.4, -0.2) is 38.6 Å². The number of pyridine rings is 1. The predicted molar refractivity (Wildman–Crippen MR) is 75.4 cm³/mol. The second kappa shape index (κ2) is 6.47. The molecule has 2 aromatic heterocycles. The van der Waals surface area contributed by atoms with Crippen molar-refractivity contribution in [3.8, 4) is 17.3 Å². The van der Waals surface area contributed by atoms with E-state index in [9.17, 15) is 0 Å². The van der Waals surface area contributed by atoms with Gasteiger partial charge in [-0.25, -0.2) is 9.67 Å². The van der Waals surface area contributed by atoms with Crippen LogP contribution in [0.1, 0.15) is 19.7 Å². The molecule has 0 radical (unpaired) electrons. The van der Waals surface area contributed by atoms with Crippen molar-refractivity contribution in [2.24, 2.45) is 5.92 Å². The van der Waals surface area contributed by atoms with Crippen LogP contribution in [0.15, 0.2) is 18.3 Å². The summed E-state index contributed by atoms with van der Waals surface area (Å²) in [6.07, 6.45) is 2.48. The van der Waals surface area contributed by atoms with Crippen LogP contribution in [0.25, 0.3) is 11.5 Å². The van der Waals surface area contributed by atoms with E-state index in [1.54, 1.807) is 24.1 Å². The third-order valence-corrected chi connectivity index (χ3v) is 2.81. The maximum Gasteiger partial charge on any atom is 0.177 e. The van der Waals surface area contributed by atoms with Crippen molar-refractivity contribution in [3.05, 3.63) is 24.2 Å². The Morgan fingerprint density at radius 1 is 1.40 bits per heavy atom. The molecule has 2 heterocycles. The van der Waals surface area contributed by atoms with Crippen LogP contribution in [0, 0.1) is 5.92 Å². The molecule has 0 unspecified atom stereocenters. The van der Waals surface area contributed by atoms with Crippen molar-refractivity contribution in [2.45, 2.75) is 26.8 Å². The number of methoxy groups -OCH3 is 1. The largest absolute Gasteiger partial charge is 0.497 e. The second-order valence-electron chi connectivity index (χ2n) is 4.98. The minimum Gasteiger partial charge on any atom is -0.497 e. The first-order valence-corrected chi connectivity index (χ1v) is 6.69. The molecule has 0 aliphatic heterocycles. The number of aliphatic hydroxyl groups is 1. The zero-order chi connectivity index (χ0) is 14.5. The summed E-state index contributed by atoms with van der Waals surface area (Å²) in [6, 6.07) is 3.60. The molecule has 2 aromatic rings. The van der Waals surface area contributed by atoms with Crippen LogP contribution in [-0.2, 0) is 13.0 Å². The smallest absolute Gasteiger partial charge is 0.177 e. The van der Waals surface area contributed by atoms with Gasteiger partial charge in [-0.2, -0.15) is 5.10 Å². The van der Waals surface area contributed by atoms with Crippen molar-refractivity contribution < 1.29 is 9.84 Å². The molecule has 0 bridgehead atoms. The van der Waals surface area contributed by atoms with Crippen molar-refractivity contribution in [3.63, 3.8) is 0 Å². The quantitative estimate of drug-likeness (QED) is 0.866. The lowest BCUT2D eigenvalue weighted by Crippen LogP contribution is -2.07. The molecule has 0 atom stereocenters. The summed E-state index contributed by atoms with van der Waals surface area (Å²) in [5, 5.41) is 13.6. The predicted octanol–water partition coefficient (Wildman–Crippen LogP) is 1.54. The lowest BCUT2D eigenvalue weighted by molar-refractivity contribution is 0.269. The Balaban J connectivity index is 2.39. The first-order chi connectivity index (χ1) is 9.63. The van der Waals surface area contributed by atoms with E-state index in [2.05, 4.69) is 28.9 Å². The Morgan fingerprint density at radius 3 is 2.85 bits per heavy atom. The first kappa shape index (κ1) is 14.5. The number of nitrogens with zero attached hydrogens (tertiary/aromatic N) is 4. The van der Waals surface area contributed by atoms with Crippen molar-refractivity contribution in [1.29, 1.82) is 0 Å². The fourth-order valence-electron chi connectivity index (χ4n) is 1.94. The monoisotopic (exact) mass is 276 g/mol. The molecule has 6 nitrogen and oxygen atoms in total. The number of aliphatic hydroxyl groups excluding tert-OH is 1. The fraction of sp³-hybridized carbons (Fsp3) is 0.500. The van der Waals surface area contributed by atoms with Gasteiger partial charge in [-0.05, 0) is 12.0 Å². The van der Waals surface area contributed by atoms with E-state index in [0.29, 0.717) is 24.0 Å². The number of ether oxygens (including phenoxy) is 1. The van der Waals surface area contributed by atoms with E-state index in [0.717, 1.165) is 18.0 Å². The molecule has 0 aromatic carbocycles. The van der Waals surface area contributed by atoms with Gasteiger partial charge in [0.1, 0.15) is 11.4 Å². The topological polar surface area (TPSA) is 73.1 Å². The summed E-state index contributed by atoms with van der Waals surface area (Å²) >= 11 is 0. The van der Waals surface area contributed by atoms with Crippen LogP contribution in [0.5, 0.6) is 5.75 Å². The molecule has 0 amide bonds. The Morgan fingerprint density at radius 2 is 2.20 bits per heavy atom. The summed E-state index contributed by atoms with van der Waals surface area (Å²) in [5.74, 6) is 2.63. The summed E-state index contributed by atoms with van der Waals surface area (Å²) in [4.78, 5) is 8.85. The summed E-state index contributed by atoms with van der Waals surface area (Å²) < 4.78 is 6.89. The Hall–Kier alpha value is -1.95. The highest BCUT2D eigenvalue weighted by molar-refractivity contribution is 5.52. The lowest BCUT2D eigenvalue weighted by atomic mass is 10.1. The lowest BCUT2D eigenvalue weighted by Gasteiger charge is -2.04. The van der Waals surface area contributed by atoms with Crippen LogP contribution >= 0.6 is 0 Å². The van der Waals surface area contributed by atoms with Gasteiger partial charge in [-0.15, -0.1) is 0 Å². The van der Waals surface area contributed by atoms with Gasteiger partial charge in [0.25, 0.3) is 0 Å². The average molecular weight is 276 g/mol. The zero-order valence-corrected chi connectivity index (χ0v) is 12.1. The van der Waals surface area contributed by atoms with Gasteiger partial charge in [0, 0.05) is 18.7 Å². The van der Waals surface area contributed by atoms with Crippen LogP contribution in [0.4, 0.5) is 0 Å². The molecule has 0 aliphatic rings. The third kappa shape index (κ3) is 3.33. The minimum absolute atomic E-state index is 0.0153. The maximum absolute atomic E-state index is 9.15. The van der Waals surface area contributed by atoms with Gasteiger partial charge in [-0.1, -0.05) is 13.8 Å². The highest BCUT2D eigenvalue weighted by Gasteiger charge is 2.14. The van der Waals surface area contributed by atoms with Gasteiger partial charge >= 0.3 is 0 Å². The first-order valence-electron chi connectivity index (χ1n) is 6.69. The Labute approximate surface area is 118 Å². The molecule has 20 heavy (non-hydrogen) atoms. The molecular weight excluding hydrogens is 256 g/mol. The van der Waals surface area contributed by atoms with Crippen LogP contribution in [0.3, 0.4) is 0 Å². The van der Waals surface area contributed by atoms with E-state index in [1.165, 1.54) is 0 Å². The molecule has 0 saturated heterocycles. The number of hydrogen-bond acceptors (Lipinski definition) is 5. The Kier molecular flexibility index (Phi) is 4.68. The van der Waals surface area contributed by atoms with E-state index in [-0.39, 0.29) is 6.61 Å². The SMILES string of the molecule is COc1ccnc(-c2nc(CC(C)C)nn2CCO)c1. The fourth-order valence-corrected chi connectivity index (χ4v) is 1.94. The van der Waals surface area contributed by atoms with E-state index in [4.69, 9.17) is 9.84 Å². The Bertz CT molecular complexity index is 566. The van der Waals surface area contributed by atoms with Gasteiger partial charge in [0.2, 0.25) is 0 Å². The van der Waals surface area contributed by atoms with Crippen LogP contribution in [0.2, 0.25) is 0 Å². The third-order valence-electron chi connectivity index (χ3n) is 2.81. The molecular formula is C14H20N4O2. The molecule has 0 spiro atoms. The molecule has 0 saturated carbocycles. The molecule has 6 heteroatoms. The number of hydrogen-bond donors (Lipinski definition) is 1. The van der Waals surface area contributed by atoms with Crippen LogP contribution < -0.4 is 4.74 Å². The minimum atomic E-state index is 0.0153. The maximum atomic E-state index is 9.15. The van der Waals surface area contributed by atoms with Crippen molar-refractivity contribution in [2.75, 3.05) is 13.7 Å². The number of aromatic nitrogens is 4. The van der Waals surface area contributed by atoms with Crippen molar-refractivity contribution >= 4 is 0 Å². The van der Waals surface area contributed by atoms with Gasteiger partial charge in [0.05, 0.1) is 20.3 Å². The van der Waals surface area contributed by atoms with E-state index < -0.39 is 0 Å². The molecule has 0 fully saturated rings. The van der Waals surface area contributed by atoms with Gasteiger partial charge in [0.15, 0.2) is 11.6 Å². The zero-order valence-electron chi connectivity index (χ0n) is 12.1. The molecule has 108 valence electrons. The molecule has 1 N–H and O–H groups in total. The standard InChI is InChI=1S/C14H20N4O2/c1-10(2)8-13-16-14(18(17-13)6-7-19)12-9-11(20-3)4-5-15-12/h4-5,9-10,19H,6-8H2,1-3H3. The normalized spacial score (nSPS) is 11.1. The van der Waals surface area contributed by atoms with Crippen molar-refractivity contribution in [1.82, 2.24) is 19.7 Å². The highest BCUT2D eigenvalue weighted by atomic mass is 16.5. The van der Waals surface area contributed by atoms with Gasteiger partial charge in [-0.3, -0.25) is 4.98 Å². The molecule has 2 rings (SSSR count). The summed E-state index contributed by atoms with van der Waals surface area (Å²) in [5.41, 5.74) is 0.695. The van der Waals surface area contributed by atoms with E-state index >= 15 is 0 Å². The highest BCUT2D eigenvalue weighted by Crippen LogP contribution is 2.20. The number of rotatable bonds is 6. The van der Waals surface area contributed by atoms with E-state index in [1.807, 2.05) is 6.07 Å². The summed E-state index contributed by atoms with van der Waals surface area (Å²) in [6.45, 7) is 4.66. The second-order valence-corrected chi connectivity index (χ2v) is 4.98. The van der Waals surface area contributed by atoms with Gasteiger partial charge < -0.3 is 9.84 Å². The molecule has 0 aliphatic carbocycles. The average Bonchev–Trinajstić information content (AvgIpc) is 2.81. The summed E-state index contributed by atoms with van der Waals surface area (Å²) in [7, 11) is 1.61.